The minimum atomic E-state index is -1.03. The monoisotopic (exact) mass is 617 g/mol. The number of ketones is 1. The first-order valence-corrected chi connectivity index (χ1v) is 17.2. The highest BCUT2D eigenvalue weighted by atomic mass is 32.2. The standard InChI is InChI=1S/C32H59NO8S/c1-5-6-7-8-11-14-23-42-24-15-12-9-10-13-16-29(35)33-19-20-39-21-22-40-26-28(34)25-27(17-18-30(36)37)31(38)41-32(2,3)4/h27H,5-26H2,1-4H3,(H,33,35)(H,36,37). The second kappa shape index (κ2) is 26.9. The summed E-state index contributed by atoms with van der Waals surface area (Å²) < 4.78 is 16.1. The molecule has 0 fully saturated rings. The molecule has 1 unspecified atom stereocenters. The van der Waals surface area contributed by atoms with Crippen LogP contribution in [0.15, 0.2) is 0 Å². The van der Waals surface area contributed by atoms with Crippen LogP contribution in [0.1, 0.15) is 124 Å². The molecular weight excluding hydrogens is 558 g/mol. The third-order valence-corrected chi connectivity index (χ3v) is 7.61. The zero-order valence-corrected chi connectivity index (χ0v) is 27.7. The van der Waals surface area contributed by atoms with E-state index in [-0.39, 0.29) is 50.8 Å². The van der Waals surface area contributed by atoms with E-state index >= 15 is 0 Å². The van der Waals surface area contributed by atoms with E-state index in [0.29, 0.717) is 19.6 Å². The SMILES string of the molecule is CCCCCCCCSCCCCCCCC(=O)NCCOCCOCC(=O)CC(CCC(=O)O)C(=O)OC(C)(C)C. The van der Waals surface area contributed by atoms with E-state index in [9.17, 15) is 19.2 Å². The van der Waals surface area contributed by atoms with Crippen LogP contribution >= 0.6 is 11.8 Å². The molecule has 0 aromatic rings. The van der Waals surface area contributed by atoms with Crippen molar-refractivity contribution in [2.45, 2.75) is 130 Å². The Balaban J connectivity index is 3.67. The molecule has 0 saturated heterocycles. The molecule has 0 aromatic heterocycles. The number of thioether (sulfide) groups is 1. The molecule has 10 heteroatoms. The van der Waals surface area contributed by atoms with Crippen molar-refractivity contribution in [1.29, 1.82) is 0 Å². The van der Waals surface area contributed by atoms with Gasteiger partial charge < -0.3 is 24.6 Å². The maximum Gasteiger partial charge on any atom is 0.309 e. The third-order valence-electron chi connectivity index (χ3n) is 6.46. The topological polar surface area (TPSA) is 128 Å². The van der Waals surface area contributed by atoms with Gasteiger partial charge in [-0.05, 0) is 58.0 Å². The van der Waals surface area contributed by atoms with Crippen molar-refractivity contribution in [3.8, 4) is 0 Å². The van der Waals surface area contributed by atoms with Gasteiger partial charge in [-0.2, -0.15) is 11.8 Å². The summed E-state index contributed by atoms with van der Waals surface area (Å²) in [6, 6.07) is 0. The smallest absolute Gasteiger partial charge is 0.309 e. The number of rotatable bonds is 29. The lowest BCUT2D eigenvalue weighted by atomic mass is 9.97. The molecule has 0 rings (SSSR count). The Morgan fingerprint density at radius 1 is 0.786 bits per heavy atom. The van der Waals surface area contributed by atoms with E-state index in [1.165, 1.54) is 69.3 Å². The molecule has 9 nitrogen and oxygen atoms in total. The minimum absolute atomic E-state index is 0.0312. The number of amides is 1. The summed E-state index contributed by atoms with van der Waals surface area (Å²) in [5.41, 5.74) is -0.722. The van der Waals surface area contributed by atoms with Crippen LogP contribution < -0.4 is 5.32 Å². The van der Waals surface area contributed by atoms with E-state index in [1.54, 1.807) is 20.8 Å². The number of hydrogen-bond donors (Lipinski definition) is 2. The van der Waals surface area contributed by atoms with Crippen molar-refractivity contribution >= 4 is 35.4 Å². The predicted octanol–water partition coefficient (Wildman–Crippen LogP) is 6.35. The first-order chi connectivity index (χ1) is 20.0. The van der Waals surface area contributed by atoms with Crippen LogP contribution in [0.25, 0.3) is 0 Å². The Kier molecular flexibility index (Phi) is 25.9. The van der Waals surface area contributed by atoms with Crippen LogP contribution in [0, 0.1) is 5.92 Å². The van der Waals surface area contributed by atoms with Crippen molar-refractivity contribution in [3.63, 3.8) is 0 Å². The summed E-state index contributed by atoms with van der Waals surface area (Å²) in [6.45, 7) is 8.47. The van der Waals surface area contributed by atoms with E-state index < -0.39 is 23.5 Å². The van der Waals surface area contributed by atoms with Gasteiger partial charge in [-0.15, -0.1) is 0 Å². The summed E-state index contributed by atoms with van der Waals surface area (Å²) in [5.74, 6) is -0.151. The predicted molar refractivity (Wildman–Crippen MR) is 169 cm³/mol. The molecule has 2 N–H and O–H groups in total. The molecule has 1 amide bonds. The van der Waals surface area contributed by atoms with Gasteiger partial charge in [-0.1, -0.05) is 58.3 Å². The number of Topliss-reactive ketones (excluding diaryl/α,β-unsaturated/α-hetero) is 1. The van der Waals surface area contributed by atoms with Gasteiger partial charge in [0.05, 0.1) is 25.7 Å². The number of hydrogen-bond acceptors (Lipinski definition) is 8. The molecule has 1 atom stereocenters. The van der Waals surface area contributed by atoms with Crippen LogP contribution in [0.4, 0.5) is 0 Å². The molecule has 0 heterocycles. The van der Waals surface area contributed by atoms with Gasteiger partial charge in [0.25, 0.3) is 0 Å². The highest BCUT2D eigenvalue weighted by Crippen LogP contribution is 2.19. The van der Waals surface area contributed by atoms with Crippen molar-refractivity contribution in [2.24, 2.45) is 5.92 Å². The van der Waals surface area contributed by atoms with Crippen molar-refractivity contribution in [3.05, 3.63) is 0 Å². The fourth-order valence-electron chi connectivity index (χ4n) is 4.18. The van der Waals surface area contributed by atoms with E-state index in [2.05, 4.69) is 24.0 Å². The highest BCUT2D eigenvalue weighted by Gasteiger charge is 2.27. The van der Waals surface area contributed by atoms with Gasteiger partial charge >= 0.3 is 11.9 Å². The van der Waals surface area contributed by atoms with E-state index in [1.807, 2.05) is 0 Å². The summed E-state index contributed by atoms with van der Waals surface area (Å²) in [6.07, 6.45) is 14.1. The lowest BCUT2D eigenvalue weighted by Gasteiger charge is -2.23. The average Bonchev–Trinajstić information content (AvgIpc) is 2.91. The number of carboxylic acids is 1. The second-order valence-electron chi connectivity index (χ2n) is 11.8. The Labute approximate surface area is 259 Å². The molecule has 0 spiro atoms. The van der Waals surface area contributed by atoms with Gasteiger partial charge in [0.15, 0.2) is 5.78 Å². The van der Waals surface area contributed by atoms with E-state index in [4.69, 9.17) is 19.3 Å². The molecule has 0 aliphatic carbocycles. The maximum atomic E-state index is 12.3. The summed E-state index contributed by atoms with van der Waals surface area (Å²) in [4.78, 5) is 47.5. The molecule has 0 aliphatic heterocycles. The van der Waals surface area contributed by atoms with Gasteiger partial charge in [0.1, 0.15) is 12.2 Å². The first kappa shape index (κ1) is 40.4. The minimum Gasteiger partial charge on any atom is -0.481 e. The Hall–Kier alpha value is -1.65. The van der Waals surface area contributed by atoms with Crippen LogP contribution in [0.5, 0.6) is 0 Å². The van der Waals surface area contributed by atoms with Crippen molar-refractivity contribution < 1.29 is 38.5 Å². The molecule has 42 heavy (non-hydrogen) atoms. The Bertz CT molecular complexity index is 726. The number of ether oxygens (including phenoxy) is 3. The fourth-order valence-corrected chi connectivity index (χ4v) is 5.20. The van der Waals surface area contributed by atoms with E-state index in [0.717, 1.165) is 12.8 Å². The van der Waals surface area contributed by atoms with Crippen molar-refractivity contribution in [2.75, 3.05) is 44.5 Å². The largest absolute Gasteiger partial charge is 0.481 e. The van der Waals surface area contributed by atoms with Crippen LogP contribution in [0.3, 0.4) is 0 Å². The molecule has 0 saturated carbocycles. The molecule has 0 aliphatic rings. The number of carbonyl (C=O) groups is 4. The number of carbonyl (C=O) groups excluding carboxylic acids is 3. The molecule has 0 bridgehead atoms. The number of unbranched alkanes of at least 4 members (excludes halogenated alkanes) is 9. The third kappa shape index (κ3) is 28.5. The zero-order chi connectivity index (χ0) is 31.5. The highest BCUT2D eigenvalue weighted by molar-refractivity contribution is 7.99. The average molecular weight is 618 g/mol. The van der Waals surface area contributed by atoms with Gasteiger partial charge in [-0.25, -0.2) is 0 Å². The molecule has 0 radical (unpaired) electrons. The second-order valence-corrected chi connectivity index (χ2v) is 13.0. The first-order valence-electron chi connectivity index (χ1n) is 16.0. The molecular formula is C32H59NO8S. The lowest BCUT2D eigenvalue weighted by Crippen LogP contribution is -2.31. The van der Waals surface area contributed by atoms with Crippen LogP contribution in [-0.4, -0.2) is 78.8 Å². The van der Waals surface area contributed by atoms with Gasteiger partial charge in [0.2, 0.25) is 5.91 Å². The van der Waals surface area contributed by atoms with Gasteiger partial charge in [-0.3, -0.25) is 19.2 Å². The number of carboxylic acid groups (broad SMARTS) is 1. The summed E-state index contributed by atoms with van der Waals surface area (Å²) in [5, 5.41) is 11.8. The van der Waals surface area contributed by atoms with Crippen molar-refractivity contribution in [1.82, 2.24) is 5.32 Å². The normalized spacial score (nSPS) is 12.2. The fraction of sp³-hybridized carbons (Fsp3) is 0.875. The van der Waals surface area contributed by atoms with Gasteiger partial charge in [0, 0.05) is 25.8 Å². The molecule has 246 valence electrons. The summed E-state index contributed by atoms with van der Waals surface area (Å²) in [7, 11) is 0. The Morgan fingerprint density at radius 3 is 2.00 bits per heavy atom. The number of nitrogens with one attached hydrogen (secondary N) is 1. The Morgan fingerprint density at radius 2 is 1.38 bits per heavy atom. The lowest BCUT2D eigenvalue weighted by molar-refractivity contribution is -0.162. The summed E-state index contributed by atoms with van der Waals surface area (Å²) >= 11 is 2.08. The van der Waals surface area contributed by atoms with Crippen LogP contribution in [-0.2, 0) is 33.4 Å². The molecule has 0 aromatic carbocycles. The van der Waals surface area contributed by atoms with Crippen LogP contribution in [0.2, 0.25) is 0 Å². The zero-order valence-electron chi connectivity index (χ0n) is 26.8. The number of esters is 1. The quantitative estimate of drug-likeness (QED) is 0.0728. The maximum absolute atomic E-state index is 12.3. The number of aliphatic carboxylic acids is 1.